The summed E-state index contributed by atoms with van der Waals surface area (Å²) in [6.07, 6.45) is -3.69. The van der Waals surface area contributed by atoms with E-state index in [2.05, 4.69) is 18.2 Å². The summed E-state index contributed by atoms with van der Waals surface area (Å²) in [5.41, 5.74) is -2.44. The van der Waals surface area contributed by atoms with Gasteiger partial charge in [-0.2, -0.15) is 22.0 Å². The third-order valence-corrected chi connectivity index (χ3v) is 2.94. The van der Waals surface area contributed by atoms with Crippen LogP contribution in [-0.4, -0.2) is 37.0 Å². The van der Waals surface area contributed by atoms with Crippen molar-refractivity contribution in [2.24, 2.45) is 0 Å². The molecule has 0 aromatic carbocycles. The van der Waals surface area contributed by atoms with Gasteiger partial charge in [-0.3, -0.25) is 0 Å². The van der Waals surface area contributed by atoms with E-state index in [9.17, 15) is 22.0 Å². The van der Waals surface area contributed by atoms with Gasteiger partial charge in [0, 0.05) is 19.6 Å². The molecule has 0 aromatic heterocycles. The van der Waals surface area contributed by atoms with Crippen molar-refractivity contribution in [2.75, 3.05) is 13.2 Å². The second-order valence-electron chi connectivity index (χ2n) is 4.47. The summed E-state index contributed by atoms with van der Waals surface area (Å²) in [5.74, 6) is -4.82. The second-order valence-corrected chi connectivity index (χ2v) is 4.47. The van der Waals surface area contributed by atoms with Crippen molar-refractivity contribution in [1.29, 1.82) is 0 Å². The fourth-order valence-corrected chi connectivity index (χ4v) is 1.49. The SMILES string of the molecule is C=CCC.CCOCCC1OC1(C)C(F)(F)C(F)(F)F. The minimum absolute atomic E-state index is 0.0377. The Kier molecular flexibility index (Phi) is 7.10. The quantitative estimate of drug-likeness (QED) is 0.315. The zero-order chi connectivity index (χ0) is 16.0. The first-order valence-corrected chi connectivity index (χ1v) is 6.39. The molecule has 2 atom stereocenters. The third-order valence-electron chi connectivity index (χ3n) is 2.94. The Morgan fingerprint density at radius 3 is 2.10 bits per heavy atom. The molecule has 0 bridgehead atoms. The molecule has 2 nitrogen and oxygen atoms in total. The Morgan fingerprint density at radius 1 is 1.25 bits per heavy atom. The lowest BCUT2D eigenvalue weighted by molar-refractivity contribution is -0.303. The van der Waals surface area contributed by atoms with E-state index in [-0.39, 0.29) is 13.0 Å². The van der Waals surface area contributed by atoms with Gasteiger partial charge in [-0.25, -0.2) is 0 Å². The fraction of sp³-hybridized carbons (Fsp3) is 0.846. The molecule has 1 heterocycles. The molecule has 0 radical (unpaired) electrons. The van der Waals surface area contributed by atoms with Crippen molar-refractivity contribution in [2.45, 2.75) is 57.4 Å². The molecule has 1 rings (SSSR count). The summed E-state index contributed by atoms with van der Waals surface area (Å²) in [5, 5.41) is 0. The van der Waals surface area contributed by atoms with Gasteiger partial charge < -0.3 is 9.47 Å². The summed E-state index contributed by atoms with van der Waals surface area (Å²) in [6.45, 7) is 8.53. The number of rotatable bonds is 6. The second kappa shape index (κ2) is 7.36. The van der Waals surface area contributed by atoms with Crippen LogP contribution in [0.15, 0.2) is 12.7 Å². The molecule has 1 aliphatic heterocycles. The Morgan fingerprint density at radius 2 is 1.75 bits per heavy atom. The van der Waals surface area contributed by atoms with Crippen LogP contribution in [0.5, 0.6) is 0 Å². The number of alkyl halides is 5. The highest BCUT2D eigenvalue weighted by molar-refractivity contribution is 5.11. The lowest BCUT2D eigenvalue weighted by atomic mass is 9.97. The van der Waals surface area contributed by atoms with E-state index in [0.717, 1.165) is 13.3 Å². The number of ether oxygens (including phenoxy) is 2. The molecule has 1 saturated heterocycles. The highest BCUT2D eigenvalue weighted by atomic mass is 19.4. The van der Waals surface area contributed by atoms with Crippen LogP contribution in [0.4, 0.5) is 22.0 Å². The molecular formula is C13H21F5O2. The van der Waals surface area contributed by atoms with Gasteiger partial charge in [0.05, 0.1) is 6.10 Å². The fourth-order valence-electron chi connectivity index (χ4n) is 1.49. The van der Waals surface area contributed by atoms with Gasteiger partial charge in [0.2, 0.25) is 0 Å². The van der Waals surface area contributed by atoms with E-state index in [1.165, 1.54) is 0 Å². The monoisotopic (exact) mass is 304 g/mol. The molecule has 0 spiro atoms. The van der Waals surface area contributed by atoms with Gasteiger partial charge in [-0.1, -0.05) is 13.0 Å². The van der Waals surface area contributed by atoms with Gasteiger partial charge in [0.25, 0.3) is 0 Å². The van der Waals surface area contributed by atoms with Gasteiger partial charge >= 0.3 is 12.1 Å². The Hall–Kier alpha value is -0.690. The van der Waals surface area contributed by atoms with Crippen LogP contribution in [0.3, 0.4) is 0 Å². The van der Waals surface area contributed by atoms with Crippen LogP contribution >= 0.6 is 0 Å². The van der Waals surface area contributed by atoms with Crippen LogP contribution < -0.4 is 0 Å². The van der Waals surface area contributed by atoms with E-state index in [1.807, 2.05) is 6.08 Å². The molecule has 2 unspecified atom stereocenters. The highest BCUT2D eigenvalue weighted by Crippen LogP contribution is 2.56. The van der Waals surface area contributed by atoms with Gasteiger partial charge in [0.1, 0.15) is 0 Å². The van der Waals surface area contributed by atoms with Crippen LogP contribution in [0, 0.1) is 0 Å². The van der Waals surface area contributed by atoms with Crippen molar-refractivity contribution < 1.29 is 31.4 Å². The maximum atomic E-state index is 13.0. The molecule has 0 amide bonds. The Labute approximate surface area is 115 Å². The van der Waals surface area contributed by atoms with E-state index in [0.29, 0.717) is 6.61 Å². The molecule has 0 saturated carbocycles. The van der Waals surface area contributed by atoms with E-state index < -0.39 is 23.8 Å². The maximum Gasteiger partial charge on any atom is 0.456 e. The zero-order valence-corrected chi connectivity index (χ0v) is 11.9. The van der Waals surface area contributed by atoms with E-state index in [4.69, 9.17) is 4.74 Å². The maximum absolute atomic E-state index is 13.0. The molecule has 20 heavy (non-hydrogen) atoms. The van der Waals surface area contributed by atoms with Crippen LogP contribution in [0.1, 0.15) is 33.6 Å². The summed E-state index contributed by atoms with van der Waals surface area (Å²) in [6, 6.07) is 0. The summed E-state index contributed by atoms with van der Waals surface area (Å²) < 4.78 is 71.5. The predicted molar refractivity (Wildman–Crippen MR) is 65.9 cm³/mol. The highest BCUT2D eigenvalue weighted by Gasteiger charge is 2.78. The van der Waals surface area contributed by atoms with Gasteiger partial charge in [0.15, 0.2) is 5.60 Å². The van der Waals surface area contributed by atoms with Crippen molar-refractivity contribution in [3.63, 3.8) is 0 Å². The van der Waals surface area contributed by atoms with Crippen LogP contribution in [-0.2, 0) is 9.47 Å². The average Bonchev–Trinajstić information content (AvgIpc) is 3.02. The summed E-state index contributed by atoms with van der Waals surface area (Å²) in [7, 11) is 0. The minimum Gasteiger partial charge on any atom is -0.382 e. The normalized spacial score (nSPS) is 25.7. The molecule has 1 aliphatic rings. The summed E-state index contributed by atoms with van der Waals surface area (Å²) in [4.78, 5) is 0. The minimum atomic E-state index is -5.58. The van der Waals surface area contributed by atoms with Crippen molar-refractivity contribution >= 4 is 0 Å². The standard InChI is InChI=1S/C9H13F5O2.C4H8/c1-3-15-5-4-6-7(2,16-6)8(10,11)9(12,13)14;1-3-4-2/h6H,3-5H2,1-2H3;3H,1,4H2,2H3. The number of allylic oxidation sites excluding steroid dienone is 1. The van der Waals surface area contributed by atoms with E-state index >= 15 is 0 Å². The van der Waals surface area contributed by atoms with Crippen LogP contribution in [0.25, 0.3) is 0 Å². The molecule has 0 aromatic rings. The third kappa shape index (κ3) is 4.41. The number of hydrogen-bond donors (Lipinski definition) is 0. The number of epoxide rings is 1. The molecular weight excluding hydrogens is 283 g/mol. The first-order chi connectivity index (χ1) is 9.08. The smallest absolute Gasteiger partial charge is 0.382 e. The number of halogens is 5. The molecule has 7 heteroatoms. The Bertz CT molecular complexity index is 304. The number of hydrogen-bond acceptors (Lipinski definition) is 2. The predicted octanol–water partition coefficient (Wildman–Crippen LogP) is 4.35. The largest absolute Gasteiger partial charge is 0.456 e. The van der Waals surface area contributed by atoms with Gasteiger partial charge in [-0.15, -0.1) is 6.58 Å². The van der Waals surface area contributed by atoms with Crippen molar-refractivity contribution in [1.82, 2.24) is 0 Å². The Balaban J connectivity index is 0.000000796. The molecule has 120 valence electrons. The lowest BCUT2D eigenvalue weighted by Crippen LogP contribution is -2.49. The molecule has 0 aliphatic carbocycles. The van der Waals surface area contributed by atoms with Crippen molar-refractivity contribution in [3.05, 3.63) is 12.7 Å². The molecule has 0 N–H and O–H groups in total. The van der Waals surface area contributed by atoms with Gasteiger partial charge in [-0.05, 0) is 20.3 Å². The summed E-state index contributed by atoms with van der Waals surface area (Å²) >= 11 is 0. The van der Waals surface area contributed by atoms with E-state index in [1.54, 1.807) is 6.92 Å². The average molecular weight is 304 g/mol. The van der Waals surface area contributed by atoms with Crippen molar-refractivity contribution in [3.8, 4) is 0 Å². The zero-order valence-electron chi connectivity index (χ0n) is 11.9. The first kappa shape index (κ1) is 19.3. The molecule has 1 fully saturated rings. The first-order valence-electron chi connectivity index (χ1n) is 6.39. The lowest BCUT2D eigenvalue weighted by Gasteiger charge is -2.23. The van der Waals surface area contributed by atoms with Crippen LogP contribution in [0.2, 0.25) is 0 Å². The topological polar surface area (TPSA) is 21.8 Å².